The number of nitrogens with zero attached hydrogens (tertiary/aromatic N) is 1. The SMILES string of the molecule is Cc1nc(C(=O)NCCCOC2CCCCC2)cs1. The third kappa shape index (κ3) is 4.91. The first kappa shape index (κ1) is 14.5. The summed E-state index contributed by atoms with van der Waals surface area (Å²) in [5, 5.41) is 5.59. The van der Waals surface area contributed by atoms with E-state index in [1.165, 1.54) is 43.4 Å². The molecule has 1 aromatic rings. The smallest absolute Gasteiger partial charge is 0.270 e. The van der Waals surface area contributed by atoms with E-state index >= 15 is 0 Å². The number of hydrogen-bond acceptors (Lipinski definition) is 4. The van der Waals surface area contributed by atoms with Gasteiger partial charge in [-0.15, -0.1) is 11.3 Å². The molecule has 1 saturated carbocycles. The summed E-state index contributed by atoms with van der Waals surface area (Å²) in [5.41, 5.74) is 0.524. The van der Waals surface area contributed by atoms with Gasteiger partial charge in [0.15, 0.2) is 0 Å². The Hall–Kier alpha value is -0.940. The highest BCUT2D eigenvalue weighted by molar-refractivity contribution is 7.09. The van der Waals surface area contributed by atoms with Crippen molar-refractivity contribution in [2.75, 3.05) is 13.2 Å². The number of hydrogen-bond donors (Lipinski definition) is 1. The standard InChI is InChI=1S/C14H22N2O2S/c1-11-16-13(10-19-11)14(17)15-8-5-9-18-12-6-3-2-4-7-12/h10,12H,2-9H2,1H3,(H,15,17). The molecule has 0 bridgehead atoms. The van der Waals surface area contributed by atoms with E-state index in [1.807, 2.05) is 6.92 Å². The molecule has 1 aliphatic carbocycles. The zero-order valence-electron chi connectivity index (χ0n) is 11.5. The first-order valence-corrected chi connectivity index (χ1v) is 7.95. The van der Waals surface area contributed by atoms with Crippen molar-refractivity contribution in [2.24, 2.45) is 0 Å². The van der Waals surface area contributed by atoms with Crippen LogP contribution < -0.4 is 5.32 Å². The fourth-order valence-electron chi connectivity index (χ4n) is 2.31. The molecule has 0 saturated heterocycles. The predicted molar refractivity (Wildman–Crippen MR) is 76.6 cm³/mol. The van der Waals surface area contributed by atoms with Gasteiger partial charge in [-0.05, 0) is 26.2 Å². The van der Waals surface area contributed by atoms with Gasteiger partial charge in [0, 0.05) is 18.5 Å². The maximum atomic E-state index is 11.7. The summed E-state index contributed by atoms with van der Waals surface area (Å²) < 4.78 is 5.81. The topological polar surface area (TPSA) is 51.2 Å². The zero-order valence-corrected chi connectivity index (χ0v) is 12.3. The van der Waals surface area contributed by atoms with Crippen LogP contribution in [0.15, 0.2) is 5.38 Å². The highest BCUT2D eigenvalue weighted by Gasteiger charge is 2.13. The van der Waals surface area contributed by atoms with Gasteiger partial charge in [0.25, 0.3) is 5.91 Å². The van der Waals surface area contributed by atoms with Crippen LogP contribution in [0, 0.1) is 6.92 Å². The van der Waals surface area contributed by atoms with Crippen molar-refractivity contribution in [1.82, 2.24) is 10.3 Å². The van der Waals surface area contributed by atoms with E-state index in [-0.39, 0.29) is 5.91 Å². The lowest BCUT2D eigenvalue weighted by Crippen LogP contribution is -2.26. The van der Waals surface area contributed by atoms with Gasteiger partial charge in [-0.2, -0.15) is 0 Å². The van der Waals surface area contributed by atoms with Crippen molar-refractivity contribution in [2.45, 2.75) is 51.6 Å². The van der Waals surface area contributed by atoms with Crippen molar-refractivity contribution in [1.29, 1.82) is 0 Å². The van der Waals surface area contributed by atoms with E-state index in [2.05, 4.69) is 10.3 Å². The zero-order chi connectivity index (χ0) is 13.5. The van der Waals surface area contributed by atoms with Crippen LogP contribution in [0.2, 0.25) is 0 Å². The minimum absolute atomic E-state index is 0.0815. The fourth-order valence-corrected chi connectivity index (χ4v) is 2.91. The monoisotopic (exact) mass is 282 g/mol. The Balaban J connectivity index is 1.55. The molecule has 0 spiro atoms. The van der Waals surface area contributed by atoms with Crippen LogP contribution >= 0.6 is 11.3 Å². The predicted octanol–water partition coefficient (Wildman–Crippen LogP) is 2.92. The van der Waals surface area contributed by atoms with Gasteiger partial charge in [0.2, 0.25) is 0 Å². The van der Waals surface area contributed by atoms with Gasteiger partial charge in [0.1, 0.15) is 5.69 Å². The van der Waals surface area contributed by atoms with Crippen LogP contribution in [-0.2, 0) is 4.74 Å². The highest BCUT2D eigenvalue weighted by atomic mass is 32.1. The Bertz CT molecular complexity index is 400. The normalized spacial score (nSPS) is 16.5. The number of aromatic nitrogens is 1. The second kappa shape index (κ2) is 7.60. The van der Waals surface area contributed by atoms with Crippen molar-refractivity contribution in [3.63, 3.8) is 0 Å². The van der Waals surface area contributed by atoms with Crippen LogP contribution in [0.4, 0.5) is 0 Å². The maximum Gasteiger partial charge on any atom is 0.270 e. The van der Waals surface area contributed by atoms with Crippen LogP contribution in [0.25, 0.3) is 0 Å². The summed E-state index contributed by atoms with van der Waals surface area (Å²) in [6.07, 6.45) is 7.66. The van der Waals surface area contributed by atoms with E-state index in [1.54, 1.807) is 5.38 Å². The van der Waals surface area contributed by atoms with Crippen LogP contribution in [0.5, 0.6) is 0 Å². The van der Waals surface area contributed by atoms with E-state index < -0.39 is 0 Å². The van der Waals surface area contributed by atoms with E-state index in [9.17, 15) is 4.79 Å². The van der Waals surface area contributed by atoms with Gasteiger partial charge >= 0.3 is 0 Å². The quantitative estimate of drug-likeness (QED) is 0.816. The summed E-state index contributed by atoms with van der Waals surface area (Å²) in [6, 6.07) is 0. The fraction of sp³-hybridized carbons (Fsp3) is 0.714. The average Bonchev–Trinajstić information content (AvgIpc) is 2.86. The Labute approximate surface area is 118 Å². The molecule has 106 valence electrons. The lowest BCUT2D eigenvalue weighted by atomic mass is 9.98. The molecule has 1 amide bonds. The van der Waals surface area contributed by atoms with Crippen LogP contribution in [0.1, 0.15) is 54.0 Å². The molecule has 19 heavy (non-hydrogen) atoms. The molecule has 1 fully saturated rings. The minimum Gasteiger partial charge on any atom is -0.378 e. The summed E-state index contributed by atoms with van der Waals surface area (Å²) in [5.74, 6) is -0.0815. The maximum absolute atomic E-state index is 11.7. The molecule has 2 rings (SSSR count). The van der Waals surface area contributed by atoms with E-state index in [0.717, 1.165) is 18.0 Å². The minimum atomic E-state index is -0.0815. The summed E-state index contributed by atoms with van der Waals surface area (Å²) in [4.78, 5) is 15.9. The van der Waals surface area contributed by atoms with Gasteiger partial charge in [0.05, 0.1) is 11.1 Å². The molecule has 1 N–H and O–H groups in total. The van der Waals surface area contributed by atoms with Gasteiger partial charge in [-0.1, -0.05) is 19.3 Å². The molecule has 0 aliphatic heterocycles. The highest BCUT2D eigenvalue weighted by Crippen LogP contribution is 2.20. The summed E-state index contributed by atoms with van der Waals surface area (Å²) in [6.45, 7) is 3.29. The number of nitrogens with one attached hydrogen (secondary N) is 1. The molecule has 4 nitrogen and oxygen atoms in total. The van der Waals surface area contributed by atoms with Crippen LogP contribution in [0.3, 0.4) is 0 Å². The van der Waals surface area contributed by atoms with Gasteiger partial charge in [-0.25, -0.2) is 4.98 Å². The number of carbonyl (C=O) groups excluding carboxylic acids is 1. The number of aryl methyl sites for hydroxylation is 1. The molecular formula is C14H22N2O2S. The van der Waals surface area contributed by atoms with E-state index in [4.69, 9.17) is 4.74 Å². The lowest BCUT2D eigenvalue weighted by molar-refractivity contribution is 0.0273. The molecule has 1 aliphatic rings. The number of carbonyl (C=O) groups is 1. The largest absolute Gasteiger partial charge is 0.378 e. The Morgan fingerprint density at radius 3 is 2.95 bits per heavy atom. The second-order valence-electron chi connectivity index (χ2n) is 4.99. The van der Waals surface area contributed by atoms with Crippen molar-refractivity contribution < 1.29 is 9.53 Å². The van der Waals surface area contributed by atoms with Crippen molar-refractivity contribution in [3.8, 4) is 0 Å². The third-order valence-corrected chi connectivity index (χ3v) is 4.14. The molecule has 1 heterocycles. The Morgan fingerprint density at radius 2 is 2.26 bits per heavy atom. The number of ether oxygens (including phenoxy) is 1. The first-order valence-electron chi connectivity index (χ1n) is 7.07. The van der Waals surface area contributed by atoms with Gasteiger partial charge < -0.3 is 10.1 Å². The lowest BCUT2D eigenvalue weighted by Gasteiger charge is -2.21. The summed E-state index contributed by atoms with van der Waals surface area (Å²) >= 11 is 1.50. The molecule has 0 radical (unpaired) electrons. The van der Waals surface area contributed by atoms with Crippen molar-refractivity contribution >= 4 is 17.2 Å². The molecule has 0 aromatic carbocycles. The number of amides is 1. The van der Waals surface area contributed by atoms with Crippen LogP contribution in [-0.4, -0.2) is 30.1 Å². The number of rotatable bonds is 6. The second-order valence-corrected chi connectivity index (χ2v) is 6.05. The summed E-state index contributed by atoms with van der Waals surface area (Å²) in [7, 11) is 0. The van der Waals surface area contributed by atoms with Gasteiger partial charge in [-0.3, -0.25) is 4.79 Å². The Morgan fingerprint density at radius 1 is 1.47 bits per heavy atom. The molecular weight excluding hydrogens is 260 g/mol. The molecule has 1 aromatic heterocycles. The van der Waals surface area contributed by atoms with Crippen molar-refractivity contribution in [3.05, 3.63) is 16.1 Å². The molecule has 5 heteroatoms. The first-order chi connectivity index (χ1) is 9.25. The molecule has 0 atom stereocenters. The van der Waals surface area contributed by atoms with E-state index in [0.29, 0.717) is 18.3 Å². The molecule has 0 unspecified atom stereocenters. The average molecular weight is 282 g/mol. The number of thiazole rings is 1. The Kier molecular flexibility index (Phi) is 5.79. The third-order valence-electron chi connectivity index (χ3n) is 3.36.